The predicted molar refractivity (Wildman–Crippen MR) is 139 cm³/mol. The number of hydrogen-bond donors (Lipinski definition) is 0. The Hall–Kier alpha value is -2.41. The van der Waals surface area contributed by atoms with E-state index in [2.05, 4.69) is 107 Å². The number of methoxy groups -OCH3 is 1. The summed E-state index contributed by atoms with van der Waals surface area (Å²) >= 11 is 0. The van der Waals surface area contributed by atoms with Crippen LogP contribution >= 0.6 is 7.92 Å². The van der Waals surface area contributed by atoms with Gasteiger partial charge in [-0.2, -0.15) is 0 Å². The van der Waals surface area contributed by atoms with Crippen molar-refractivity contribution in [3.05, 3.63) is 72.8 Å². The summed E-state index contributed by atoms with van der Waals surface area (Å²) in [7, 11) is 1.13. The van der Waals surface area contributed by atoms with Crippen molar-refractivity contribution in [2.24, 2.45) is 0 Å². The maximum atomic E-state index is 6.69. The average molecular weight is 443 g/mol. The van der Waals surface area contributed by atoms with Crippen LogP contribution in [0.15, 0.2) is 72.8 Å². The van der Waals surface area contributed by atoms with E-state index in [0.717, 1.165) is 5.75 Å². The maximum Gasteiger partial charge on any atom is 0.150 e. The molecule has 0 saturated carbocycles. The van der Waals surface area contributed by atoms with Crippen LogP contribution in [0.3, 0.4) is 0 Å². The molecule has 1 heterocycles. The summed E-state index contributed by atoms with van der Waals surface area (Å²) < 4.78 is 12.6. The summed E-state index contributed by atoms with van der Waals surface area (Å²) in [4.78, 5) is 0. The molecular formula is C29H31O2P. The number of rotatable bonds is 3. The first-order valence-corrected chi connectivity index (χ1v) is 12.7. The molecule has 2 atom stereocenters. The van der Waals surface area contributed by atoms with Crippen LogP contribution in [0.5, 0.6) is 5.75 Å². The van der Waals surface area contributed by atoms with Gasteiger partial charge >= 0.3 is 0 Å². The molecule has 4 aromatic rings. The number of hydrogen-bond acceptors (Lipinski definition) is 2. The van der Waals surface area contributed by atoms with E-state index in [4.69, 9.17) is 9.47 Å². The number of fused-ring (bicyclic) bond motifs is 3. The molecule has 164 valence electrons. The molecule has 32 heavy (non-hydrogen) atoms. The first-order valence-electron chi connectivity index (χ1n) is 11.3. The van der Waals surface area contributed by atoms with Gasteiger partial charge in [0.15, 0.2) is 0 Å². The normalized spacial score (nSPS) is 18.7. The highest BCUT2D eigenvalue weighted by Gasteiger charge is 2.50. The van der Waals surface area contributed by atoms with Crippen LogP contribution in [-0.2, 0) is 4.74 Å². The fraction of sp³-hybridized carbons (Fsp3) is 0.310. The van der Waals surface area contributed by atoms with E-state index in [1.807, 2.05) is 0 Å². The van der Waals surface area contributed by atoms with Gasteiger partial charge in [0.25, 0.3) is 0 Å². The van der Waals surface area contributed by atoms with E-state index in [0.29, 0.717) is 0 Å². The molecule has 0 spiro atoms. The first-order chi connectivity index (χ1) is 15.2. The summed E-state index contributed by atoms with van der Waals surface area (Å²) in [6.45, 7) is 11.3. The Morgan fingerprint density at radius 3 is 1.94 bits per heavy atom. The molecule has 5 rings (SSSR count). The van der Waals surface area contributed by atoms with Gasteiger partial charge in [0.05, 0.1) is 0 Å². The van der Waals surface area contributed by atoms with Crippen LogP contribution in [0, 0.1) is 0 Å². The third-order valence-corrected chi connectivity index (χ3v) is 10.2. The lowest BCUT2D eigenvalue weighted by molar-refractivity contribution is -0.0296. The van der Waals surface area contributed by atoms with Gasteiger partial charge in [0.2, 0.25) is 0 Å². The molecule has 0 N–H and O–H groups in total. The minimum absolute atomic E-state index is 0.000101. The van der Waals surface area contributed by atoms with Crippen LogP contribution in [0.4, 0.5) is 0 Å². The van der Waals surface area contributed by atoms with Gasteiger partial charge in [-0.25, -0.2) is 0 Å². The van der Waals surface area contributed by atoms with Gasteiger partial charge < -0.3 is 9.47 Å². The molecule has 0 aliphatic carbocycles. The summed E-state index contributed by atoms with van der Waals surface area (Å²) in [6, 6.07) is 26.3. The molecule has 0 bridgehead atoms. The molecule has 0 amide bonds. The van der Waals surface area contributed by atoms with Crippen LogP contribution in [0.25, 0.3) is 32.7 Å². The highest BCUT2D eigenvalue weighted by molar-refractivity contribution is 7.68. The van der Waals surface area contributed by atoms with Gasteiger partial charge in [-0.05, 0) is 71.7 Å². The van der Waals surface area contributed by atoms with Gasteiger partial charge in [-0.15, -0.1) is 0 Å². The monoisotopic (exact) mass is 442 g/mol. The second kappa shape index (κ2) is 7.58. The Morgan fingerprint density at radius 2 is 1.38 bits per heavy atom. The molecule has 1 aliphatic rings. The molecule has 4 aromatic carbocycles. The molecule has 0 saturated heterocycles. The number of benzene rings is 4. The zero-order chi connectivity index (χ0) is 22.7. The fourth-order valence-corrected chi connectivity index (χ4v) is 8.27. The van der Waals surface area contributed by atoms with Crippen molar-refractivity contribution in [1.82, 2.24) is 0 Å². The topological polar surface area (TPSA) is 18.5 Å². The van der Waals surface area contributed by atoms with Gasteiger partial charge in [-0.3, -0.25) is 0 Å². The first kappa shape index (κ1) is 21.4. The Balaban J connectivity index is 1.87. The smallest absolute Gasteiger partial charge is 0.150 e. The molecule has 0 fully saturated rings. The van der Waals surface area contributed by atoms with Crippen molar-refractivity contribution >= 4 is 34.8 Å². The van der Waals surface area contributed by atoms with Crippen molar-refractivity contribution in [3.63, 3.8) is 0 Å². The van der Waals surface area contributed by atoms with E-state index in [1.165, 1.54) is 38.0 Å². The summed E-state index contributed by atoms with van der Waals surface area (Å²) in [6.07, 6.45) is 0. The maximum absolute atomic E-state index is 6.69. The lowest BCUT2D eigenvalue weighted by atomic mass is 9.92. The minimum atomic E-state index is -0.662. The number of ether oxygens (including phenoxy) is 2. The summed E-state index contributed by atoms with van der Waals surface area (Å²) in [5.41, 5.74) is 2.23. The van der Waals surface area contributed by atoms with E-state index in [-0.39, 0.29) is 16.6 Å². The average Bonchev–Trinajstić information content (AvgIpc) is 3.19. The third kappa shape index (κ3) is 3.33. The predicted octanol–water partition coefficient (Wildman–Crippen LogP) is 7.71. The van der Waals surface area contributed by atoms with Gasteiger partial charge in [-0.1, -0.05) is 81.4 Å². The van der Waals surface area contributed by atoms with Crippen molar-refractivity contribution in [3.8, 4) is 16.9 Å². The largest absolute Gasteiger partial charge is 0.482 e. The quantitative estimate of drug-likeness (QED) is 0.239. The van der Waals surface area contributed by atoms with Gasteiger partial charge in [0, 0.05) is 12.4 Å². The molecule has 3 heteroatoms. The van der Waals surface area contributed by atoms with Crippen LogP contribution in [0.2, 0.25) is 0 Å². The Labute approximate surface area is 192 Å². The van der Waals surface area contributed by atoms with Gasteiger partial charge in [0.1, 0.15) is 17.2 Å². The standard InChI is InChI=1S/C29H31O2P/c1-28(2,3)32-26-23(16-11-17-24(26)31-27(32)29(4,5)30-6)25-21-14-9-7-12-19(21)18-20-13-8-10-15-22(20)25/h7-18,27H,1-6H3/t27?,32-/m1/s1. The van der Waals surface area contributed by atoms with Crippen LogP contribution in [-0.4, -0.2) is 23.7 Å². The SMILES string of the molecule is COC(C)(C)C1Oc2cccc(-c3c4ccccc4cc4ccccc34)c2[P@@]1C(C)(C)C. The molecule has 0 radical (unpaired) electrons. The zero-order valence-corrected chi connectivity index (χ0v) is 20.7. The van der Waals surface area contributed by atoms with Crippen LogP contribution in [0.1, 0.15) is 34.6 Å². The molecule has 0 aromatic heterocycles. The van der Waals surface area contributed by atoms with E-state index >= 15 is 0 Å². The lowest BCUT2D eigenvalue weighted by Gasteiger charge is -2.39. The Kier molecular flexibility index (Phi) is 5.08. The van der Waals surface area contributed by atoms with E-state index in [9.17, 15) is 0 Å². The summed E-state index contributed by atoms with van der Waals surface area (Å²) in [5, 5.41) is 6.55. The Morgan fingerprint density at radius 1 is 0.781 bits per heavy atom. The van der Waals surface area contributed by atoms with Crippen molar-refractivity contribution in [1.29, 1.82) is 0 Å². The van der Waals surface area contributed by atoms with Crippen molar-refractivity contribution in [2.45, 2.75) is 51.2 Å². The summed E-state index contributed by atoms with van der Waals surface area (Å²) in [5.74, 6) is 1.01. The van der Waals surface area contributed by atoms with E-state index in [1.54, 1.807) is 7.11 Å². The molecule has 2 nitrogen and oxygen atoms in total. The molecule has 1 aliphatic heterocycles. The third-order valence-electron chi connectivity index (χ3n) is 6.60. The Bertz CT molecular complexity index is 1260. The second-order valence-corrected chi connectivity index (χ2v) is 13.2. The second-order valence-electron chi connectivity index (χ2n) is 10.2. The fourth-order valence-electron chi connectivity index (χ4n) is 4.90. The van der Waals surface area contributed by atoms with Crippen molar-refractivity contribution < 1.29 is 9.47 Å². The molecule has 1 unspecified atom stereocenters. The minimum Gasteiger partial charge on any atom is -0.482 e. The van der Waals surface area contributed by atoms with Crippen molar-refractivity contribution in [2.75, 3.05) is 7.11 Å². The zero-order valence-electron chi connectivity index (χ0n) is 19.8. The van der Waals surface area contributed by atoms with E-state index < -0.39 is 7.92 Å². The highest BCUT2D eigenvalue weighted by atomic mass is 31.1. The molecular weight excluding hydrogens is 411 g/mol. The highest BCUT2D eigenvalue weighted by Crippen LogP contribution is 2.63. The lowest BCUT2D eigenvalue weighted by Crippen LogP contribution is -2.42. The van der Waals surface area contributed by atoms with Crippen LogP contribution < -0.4 is 10.0 Å².